The first-order valence-electron chi connectivity index (χ1n) is 15.5. The molecule has 53 heavy (non-hydrogen) atoms. The van der Waals surface area contributed by atoms with E-state index in [0.717, 1.165) is 0 Å². The number of hydrogen-bond donors (Lipinski definition) is 5. The summed E-state index contributed by atoms with van der Waals surface area (Å²) in [6.07, 6.45) is 6.17. The smallest absolute Gasteiger partial charge is 0.545 e. The molecule has 0 amide bonds. The molecule has 0 aromatic carbocycles. The molecular weight excluding hydrogens is 863 g/mol. The fourth-order valence-corrected chi connectivity index (χ4v) is 2.00. The van der Waals surface area contributed by atoms with Crippen LogP contribution in [0.5, 0.6) is 0 Å². The standard InChI is InChI=1S/2C11H20O2.3C5H8O2.2CHO.2Ru/c2*1-10(2,3)8(12)7-9(13)11(4,5)6;3*1-4(6)3-5(2)7;2*1-2;;/h2*7,12H,1-6H3;3*3,6H,1-2H3;2*1H;;/q;;;;;2*-1;;+2. The van der Waals surface area contributed by atoms with E-state index in [1.807, 2.05) is 83.1 Å². The maximum atomic E-state index is 11.5. The first kappa shape index (κ1) is 71.1. The summed E-state index contributed by atoms with van der Waals surface area (Å²) in [6.45, 7) is 37.3. The molecule has 0 atom stereocenters. The molecule has 0 rings (SSSR count). The maximum absolute atomic E-state index is 11.5. The summed E-state index contributed by atoms with van der Waals surface area (Å²) in [5.74, 6) is 0.0206. The van der Waals surface area contributed by atoms with Crippen LogP contribution in [-0.4, -0.2) is 68.0 Å². The van der Waals surface area contributed by atoms with Crippen molar-refractivity contribution in [1.29, 1.82) is 0 Å². The monoisotopic (exact) mass is 930 g/mol. The molecular formula is C39H66O12Ru2. The minimum atomic E-state index is -0.417. The molecule has 0 aliphatic heterocycles. The molecule has 0 spiro atoms. The Morgan fingerprint density at radius 1 is 0.377 bits per heavy atom. The molecule has 0 saturated carbocycles. The molecule has 0 fully saturated rings. The number of aliphatic hydroxyl groups is 5. The molecule has 0 aliphatic carbocycles. The summed E-state index contributed by atoms with van der Waals surface area (Å²) in [6, 6.07) is 0. The van der Waals surface area contributed by atoms with Gasteiger partial charge in [-0.15, -0.1) is 0 Å². The van der Waals surface area contributed by atoms with E-state index in [1.54, 1.807) is 0 Å². The van der Waals surface area contributed by atoms with Gasteiger partial charge in [0, 0.05) is 71.5 Å². The first-order chi connectivity index (χ1) is 22.5. The van der Waals surface area contributed by atoms with Gasteiger partial charge in [0.05, 0.1) is 17.3 Å². The number of carbonyl (C=O) groups is 5. The number of carbonyl (C=O) groups excluding carboxylic acids is 7. The van der Waals surface area contributed by atoms with E-state index in [0.29, 0.717) is 0 Å². The van der Waals surface area contributed by atoms with Gasteiger partial charge in [-0.1, -0.05) is 83.1 Å². The van der Waals surface area contributed by atoms with Crippen molar-refractivity contribution in [3.63, 3.8) is 0 Å². The second kappa shape index (κ2) is 35.7. The van der Waals surface area contributed by atoms with Crippen LogP contribution in [0.2, 0.25) is 0 Å². The minimum absolute atomic E-state index is 0. The Hall–Kier alpha value is -3.36. The zero-order valence-corrected chi connectivity index (χ0v) is 38.3. The Morgan fingerprint density at radius 3 is 0.585 bits per heavy atom. The average molecular weight is 929 g/mol. The van der Waals surface area contributed by atoms with Gasteiger partial charge in [-0.05, 0) is 41.5 Å². The van der Waals surface area contributed by atoms with Crippen molar-refractivity contribution >= 4 is 42.5 Å². The molecule has 0 aromatic rings. The fraction of sp³-hybridized carbons (Fsp3) is 0.564. The zero-order chi connectivity index (χ0) is 43.3. The molecule has 12 nitrogen and oxygen atoms in total. The number of allylic oxidation sites excluding steroid dienone is 10. The summed E-state index contributed by atoms with van der Waals surface area (Å²) in [7, 11) is 0. The second-order valence-corrected chi connectivity index (χ2v) is 15.0. The van der Waals surface area contributed by atoms with Gasteiger partial charge >= 0.3 is 19.5 Å². The van der Waals surface area contributed by atoms with Crippen LogP contribution in [0.4, 0.5) is 0 Å². The third kappa shape index (κ3) is 64.1. The van der Waals surface area contributed by atoms with E-state index < -0.39 is 10.8 Å². The molecule has 0 unspecified atom stereocenters. The predicted octanol–water partition coefficient (Wildman–Crippen LogP) is 8.74. The molecule has 0 saturated heterocycles. The quantitative estimate of drug-likeness (QED) is 0.0575. The van der Waals surface area contributed by atoms with Crippen LogP contribution < -0.4 is 0 Å². The van der Waals surface area contributed by atoms with Crippen molar-refractivity contribution in [3.8, 4) is 0 Å². The normalized spacial score (nSPS) is 11.8. The third-order valence-corrected chi connectivity index (χ3v) is 4.79. The summed E-state index contributed by atoms with van der Waals surface area (Å²) in [4.78, 5) is 68.5. The van der Waals surface area contributed by atoms with E-state index >= 15 is 0 Å². The van der Waals surface area contributed by atoms with E-state index in [9.17, 15) is 34.2 Å². The van der Waals surface area contributed by atoms with Gasteiger partial charge in [0.15, 0.2) is 28.9 Å². The molecule has 14 heteroatoms. The molecule has 5 N–H and O–H groups in total. The van der Waals surface area contributed by atoms with Crippen molar-refractivity contribution in [1.82, 2.24) is 0 Å². The van der Waals surface area contributed by atoms with Crippen molar-refractivity contribution in [3.05, 3.63) is 59.2 Å². The van der Waals surface area contributed by atoms with Crippen LogP contribution in [0.25, 0.3) is 0 Å². The van der Waals surface area contributed by atoms with Gasteiger partial charge in [-0.25, -0.2) is 0 Å². The predicted molar refractivity (Wildman–Crippen MR) is 204 cm³/mol. The van der Waals surface area contributed by atoms with Crippen LogP contribution in [0.15, 0.2) is 59.2 Å². The average Bonchev–Trinajstić information content (AvgIpc) is 2.88. The topological polar surface area (TPSA) is 221 Å². The molecule has 0 aromatic heterocycles. The Bertz CT molecular complexity index is 1100. The van der Waals surface area contributed by atoms with Gasteiger partial charge in [0.1, 0.15) is 11.5 Å². The Labute approximate surface area is 344 Å². The van der Waals surface area contributed by atoms with Crippen molar-refractivity contribution < 1.29 is 98.1 Å². The molecule has 0 heterocycles. The first-order valence-corrected chi connectivity index (χ1v) is 15.5. The van der Waals surface area contributed by atoms with Crippen LogP contribution in [0.3, 0.4) is 0 Å². The van der Waals surface area contributed by atoms with Crippen molar-refractivity contribution in [2.75, 3.05) is 0 Å². The molecule has 0 aliphatic rings. The van der Waals surface area contributed by atoms with E-state index in [2.05, 4.69) is 13.6 Å². The Morgan fingerprint density at radius 2 is 0.528 bits per heavy atom. The van der Waals surface area contributed by atoms with Crippen LogP contribution in [0, 0.1) is 21.7 Å². The number of ketones is 5. The van der Waals surface area contributed by atoms with Gasteiger partial charge in [-0.2, -0.15) is 0 Å². The Kier molecular flexibility index (Phi) is 47.8. The van der Waals surface area contributed by atoms with E-state index in [4.69, 9.17) is 24.9 Å². The molecule has 0 radical (unpaired) electrons. The minimum Gasteiger partial charge on any atom is -0.545 e. The second-order valence-electron chi connectivity index (χ2n) is 15.0. The summed E-state index contributed by atoms with van der Waals surface area (Å²) in [5, 5.41) is 44.2. The number of hydrogen-bond acceptors (Lipinski definition) is 12. The molecule has 310 valence electrons. The third-order valence-electron chi connectivity index (χ3n) is 4.79. The van der Waals surface area contributed by atoms with Crippen LogP contribution >= 0.6 is 0 Å². The van der Waals surface area contributed by atoms with Crippen molar-refractivity contribution in [2.45, 2.75) is 125 Å². The van der Waals surface area contributed by atoms with Crippen LogP contribution in [-0.2, 0) is 72.5 Å². The van der Waals surface area contributed by atoms with Crippen molar-refractivity contribution in [2.24, 2.45) is 21.7 Å². The van der Waals surface area contributed by atoms with Gasteiger partial charge in [0.25, 0.3) is 0 Å². The summed E-state index contributed by atoms with van der Waals surface area (Å²) >= 11 is 0. The maximum Gasteiger partial charge on any atom is 2.00 e. The van der Waals surface area contributed by atoms with Gasteiger partial charge < -0.3 is 35.1 Å². The van der Waals surface area contributed by atoms with Gasteiger partial charge in [-0.3, -0.25) is 37.6 Å². The van der Waals surface area contributed by atoms with E-state index in [-0.39, 0.29) is 107 Å². The van der Waals surface area contributed by atoms with E-state index in [1.165, 1.54) is 71.9 Å². The number of aliphatic hydroxyl groups excluding tert-OH is 5. The summed E-state index contributed by atoms with van der Waals surface area (Å²) < 4.78 is 0. The molecule has 0 bridgehead atoms. The van der Waals surface area contributed by atoms with Gasteiger partial charge in [0.2, 0.25) is 0 Å². The number of rotatable bonds is 5. The summed E-state index contributed by atoms with van der Waals surface area (Å²) in [5.41, 5.74) is -1.53. The fourth-order valence-electron chi connectivity index (χ4n) is 2.00. The largest absolute Gasteiger partial charge is 2.00 e. The SMILES string of the molecule is CC(=O)C=C(C)O.CC(=O)C=C(C)O.CC(=O)C=C(C)O.CC(C)(C)C(=O)C=C(O)C(C)(C)C.CC(C)(C)C(=O)C=C(O)C(C)(C)C.[CH-]=O.[CH-]=O.[Ru+2].[Ru]. The van der Waals surface area contributed by atoms with Crippen LogP contribution in [0.1, 0.15) is 125 Å². The Balaban J connectivity index is -0.0000000648. The zero-order valence-electron chi connectivity index (χ0n) is 34.8.